The van der Waals surface area contributed by atoms with E-state index in [0.717, 1.165) is 4.31 Å². The number of nitrogens with one attached hydrogen (secondary N) is 1. The van der Waals surface area contributed by atoms with Gasteiger partial charge in [0.25, 0.3) is 10.0 Å². The second-order valence-corrected chi connectivity index (χ2v) is 6.45. The molecule has 2 aromatic rings. The first-order valence-electron chi connectivity index (χ1n) is 6.18. The van der Waals surface area contributed by atoms with Gasteiger partial charge in [-0.05, 0) is 17.7 Å². The number of aryl methyl sites for hydroxylation is 1. The van der Waals surface area contributed by atoms with Gasteiger partial charge in [0.15, 0.2) is 5.03 Å². The van der Waals surface area contributed by atoms with E-state index >= 15 is 0 Å². The summed E-state index contributed by atoms with van der Waals surface area (Å²) in [4.78, 5) is 6.75. The fourth-order valence-corrected chi connectivity index (χ4v) is 2.89. The monoisotopic (exact) mass is 297 g/mol. The van der Waals surface area contributed by atoms with Crippen molar-refractivity contribution in [3.8, 4) is 0 Å². The number of nitrogens with zero attached hydrogens (tertiary/aromatic N) is 2. The highest BCUT2D eigenvalue weighted by molar-refractivity contribution is 7.89. The number of imidazole rings is 1. The number of aromatic amines is 1. The van der Waals surface area contributed by atoms with E-state index in [1.54, 1.807) is 12.1 Å². The van der Waals surface area contributed by atoms with Gasteiger partial charge in [-0.3, -0.25) is 0 Å². The highest BCUT2D eigenvalue weighted by Gasteiger charge is 2.23. The molecule has 1 heterocycles. The molecule has 0 amide bonds. The molecule has 2 rings (SSSR count). The molecule has 20 heavy (non-hydrogen) atoms. The average Bonchev–Trinajstić information content (AvgIpc) is 2.88. The average molecular weight is 297 g/mol. The molecule has 0 aliphatic rings. The molecule has 1 aromatic heterocycles. The second-order valence-electron chi connectivity index (χ2n) is 4.44. The Balaban J connectivity index is 2.21. The maximum Gasteiger partial charge on any atom is 0.260 e. The molecule has 0 aliphatic carbocycles. The number of sulfonamides is 1. The molecule has 0 bridgehead atoms. The summed E-state index contributed by atoms with van der Waals surface area (Å²) < 4.78 is 38.9. The third-order valence-electron chi connectivity index (χ3n) is 2.92. The van der Waals surface area contributed by atoms with Crippen molar-refractivity contribution in [1.82, 2.24) is 14.3 Å². The van der Waals surface area contributed by atoms with E-state index in [4.69, 9.17) is 0 Å². The van der Waals surface area contributed by atoms with E-state index in [1.165, 1.54) is 25.4 Å². The van der Waals surface area contributed by atoms with E-state index in [2.05, 4.69) is 9.97 Å². The summed E-state index contributed by atoms with van der Waals surface area (Å²) in [7, 11) is -2.20. The summed E-state index contributed by atoms with van der Waals surface area (Å²) in [6, 6.07) is 5.87. The van der Waals surface area contributed by atoms with Gasteiger partial charge in [-0.15, -0.1) is 0 Å². The zero-order valence-electron chi connectivity index (χ0n) is 11.3. The van der Waals surface area contributed by atoms with Gasteiger partial charge < -0.3 is 4.98 Å². The molecule has 0 radical (unpaired) electrons. The van der Waals surface area contributed by atoms with Crippen LogP contribution >= 0.6 is 0 Å². The highest BCUT2D eigenvalue weighted by Crippen LogP contribution is 2.15. The van der Waals surface area contributed by atoms with Crippen molar-refractivity contribution in [2.75, 3.05) is 7.05 Å². The molecule has 0 aliphatic heterocycles. The smallest absolute Gasteiger partial charge is 0.260 e. The van der Waals surface area contributed by atoms with Crippen LogP contribution in [-0.4, -0.2) is 29.7 Å². The predicted molar refractivity (Wildman–Crippen MR) is 73.0 cm³/mol. The lowest BCUT2D eigenvalue weighted by atomic mass is 10.2. The number of halogens is 1. The molecule has 1 aromatic carbocycles. The molecule has 108 valence electrons. The van der Waals surface area contributed by atoms with E-state index < -0.39 is 10.0 Å². The summed E-state index contributed by atoms with van der Waals surface area (Å²) in [5.41, 5.74) is 0.589. The van der Waals surface area contributed by atoms with Crippen molar-refractivity contribution in [2.45, 2.75) is 24.9 Å². The molecule has 0 fully saturated rings. The topological polar surface area (TPSA) is 66.1 Å². The maximum atomic E-state index is 13.1. The van der Waals surface area contributed by atoms with Gasteiger partial charge in [-0.2, -0.15) is 4.31 Å². The van der Waals surface area contributed by atoms with Crippen LogP contribution in [0.25, 0.3) is 0 Å². The minimum Gasteiger partial charge on any atom is -0.332 e. The van der Waals surface area contributed by atoms with E-state index in [0.29, 0.717) is 17.8 Å². The molecule has 5 nitrogen and oxygen atoms in total. The summed E-state index contributed by atoms with van der Waals surface area (Å²) in [5.74, 6) is 0.228. The van der Waals surface area contributed by atoms with Crippen LogP contribution in [0, 0.1) is 5.82 Å². The Bertz CT molecular complexity index is 697. The fraction of sp³-hybridized carbons (Fsp3) is 0.308. The number of H-pyrrole nitrogens is 1. The lowest BCUT2D eigenvalue weighted by molar-refractivity contribution is 0.463. The Morgan fingerprint density at radius 2 is 2.15 bits per heavy atom. The fourth-order valence-electron chi connectivity index (χ4n) is 1.80. The molecule has 0 spiro atoms. The number of hydrogen-bond acceptors (Lipinski definition) is 3. The van der Waals surface area contributed by atoms with Gasteiger partial charge in [0.2, 0.25) is 0 Å². The Morgan fingerprint density at radius 1 is 1.40 bits per heavy atom. The normalized spacial score (nSPS) is 12.0. The molecule has 0 unspecified atom stereocenters. The van der Waals surface area contributed by atoms with Crippen molar-refractivity contribution in [2.24, 2.45) is 0 Å². The Labute approximate surface area is 117 Å². The minimum atomic E-state index is -3.65. The van der Waals surface area contributed by atoms with Crippen molar-refractivity contribution in [3.63, 3.8) is 0 Å². The largest absolute Gasteiger partial charge is 0.332 e. The Morgan fingerprint density at radius 3 is 2.75 bits per heavy atom. The third kappa shape index (κ3) is 3.05. The molecular weight excluding hydrogens is 281 g/mol. The van der Waals surface area contributed by atoms with E-state index in [1.807, 2.05) is 6.92 Å². The van der Waals surface area contributed by atoms with Gasteiger partial charge in [0.05, 0.1) is 6.20 Å². The molecule has 0 atom stereocenters. The predicted octanol–water partition coefficient (Wildman–Crippen LogP) is 1.93. The van der Waals surface area contributed by atoms with Crippen LogP contribution in [0.3, 0.4) is 0 Å². The summed E-state index contributed by atoms with van der Waals surface area (Å²) >= 11 is 0. The molecule has 7 heteroatoms. The molecule has 0 saturated heterocycles. The maximum absolute atomic E-state index is 13.1. The number of rotatable bonds is 5. The summed E-state index contributed by atoms with van der Waals surface area (Å²) in [5, 5.41) is 0.0493. The first-order valence-corrected chi connectivity index (χ1v) is 7.62. The second kappa shape index (κ2) is 5.72. The zero-order chi connectivity index (χ0) is 14.8. The van der Waals surface area contributed by atoms with Crippen LogP contribution in [0.15, 0.2) is 35.5 Å². The van der Waals surface area contributed by atoms with Crippen molar-refractivity contribution in [1.29, 1.82) is 0 Å². The van der Waals surface area contributed by atoms with Crippen LogP contribution in [0.1, 0.15) is 18.3 Å². The summed E-state index contributed by atoms with van der Waals surface area (Å²) in [6.45, 7) is 1.98. The number of aromatic nitrogens is 2. The number of benzene rings is 1. The first kappa shape index (κ1) is 14.7. The van der Waals surface area contributed by atoms with E-state index in [9.17, 15) is 12.8 Å². The van der Waals surface area contributed by atoms with Crippen molar-refractivity contribution < 1.29 is 12.8 Å². The zero-order valence-corrected chi connectivity index (χ0v) is 12.1. The Hall–Kier alpha value is -1.73. The van der Waals surface area contributed by atoms with Crippen LogP contribution in [0.2, 0.25) is 0 Å². The van der Waals surface area contributed by atoms with Crippen molar-refractivity contribution >= 4 is 10.0 Å². The van der Waals surface area contributed by atoms with Crippen LogP contribution < -0.4 is 0 Å². The molecule has 0 saturated carbocycles. The van der Waals surface area contributed by atoms with Gasteiger partial charge in [-0.1, -0.05) is 19.1 Å². The molecular formula is C13H16FN3O2S. The van der Waals surface area contributed by atoms with Gasteiger partial charge in [0, 0.05) is 20.0 Å². The van der Waals surface area contributed by atoms with E-state index in [-0.39, 0.29) is 17.4 Å². The standard InChI is InChI=1S/C13H16FN3O2S/c1-3-12-15-8-13(16-12)20(18,19)17(2)9-10-5-4-6-11(14)7-10/h4-8H,3,9H2,1-2H3,(H,15,16). The quantitative estimate of drug-likeness (QED) is 0.917. The third-order valence-corrected chi connectivity index (χ3v) is 4.64. The Kier molecular flexibility index (Phi) is 4.20. The first-order chi connectivity index (χ1) is 9.43. The van der Waals surface area contributed by atoms with Gasteiger partial charge in [0.1, 0.15) is 11.6 Å². The van der Waals surface area contributed by atoms with Crippen LogP contribution in [0.5, 0.6) is 0 Å². The van der Waals surface area contributed by atoms with Gasteiger partial charge >= 0.3 is 0 Å². The van der Waals surface area contributed by atoms with Crippen molar-refractivity contribution in [3.05, 3.63) is 47.7 Å². The SMILES string of the molecule is CCc1ncc(S(=O)(=O)N(C)Cc2cccc(F)c2)[nH]1. The number of hydrogen-bond donors (Lipinski definition) is 1. The minimum absolute atomic E-state index is 0.0493. The molecule has 1 N–H and O–H groups in total. The van der Waals surface area contributed by atoms with Gasteiger partial charge in [-0.25, -0.2) is 17.8 Å². The highest BCUT2D eigenvalue weighted by atomic mass is 32.2. The van der Waals surface area contributed by atoms with Crippen LogP contribution in [-0.2, 0) is 23.0 Å². The lowest BCUT2D eigenvalue weighted by Crippen LogP contribution is -2.26. The van der Waals surface area contributed by atoms with Crippen LogP contribution in [0.4, 0.5) is 4.39 Å². The summed E-state index contributed by atoms with van der Waals surface area (Å²) in [6.07, 6.45) is 1.93. The lowest BCUT2D eigenvalue weighted by Gasteiger charge is -2.15.